The van der Waals surface area contributed by atoms with Crippen molar-refractivity contribution in [1.29, 1.82) is 0 Å². The fourth-order valence-corrected chi connectivity index (χ4v) is 3.85. The van der Waals surface area contributed by atoms with Crippen LogP contribution in [0.25, 0.3) is 5.65 Å². The zero-order valence-electron chi connectivity index (χ0n) is 15.6. The smallest absolute Gasteiger partial charge is 0.404 e. The molecule has 1 aromatic carbocycles. The quantitative estimate of drug-likeness (QED) is 0.701. The number of amides is 1. The Labute approximate surface area is 167 Å². The van der Waals surface area contributed by atoms with E-state index in [2.05, 4.69) is 15.2 Å². The van der Waals surface area contributed by atoms with E-state index < -0.39 is 6.09 Å². The first kappa shape index (κ1) is 18.6. The van der Waals surface area contributed by atoms with Gasteiger partial charge in [-0.15, -0.1) is 0 Å². The Bertz CT molecular complexity index is 1000. The van der Waals surface area contributed by atoms with E-state index in [1.165, 1.54) is 0 Å². The Morgan fingerprint density at radius 1 is 1.32 bits per heavy atom. The monoisotopic (exact) mass is 399 g/mol. The largest absolute Gasteiger partial charge is 0.465 e. The first-order valence-electron chi connectivity index (χ1n) is 9.33. The summed E-state index contributed by atoms with van der Waals surface area (Å²) in [6.07, 6.45) is 1.48. The van der Waals surface area contributed by atoms with E-state index in [0.717, 1.165) is 47.8 Å². The van der Waals surface area contributed by atoms with Gasteiger partial charge in [0.05, 0.1) is 5.69 Å². The number of hydrogen-bond acceptors (Lipinski definition) is 4. The lowest BCUT2D eigenvalue weighted by Crippen LogP contribution is -2.48. The van der Waals surface area contributed by atoms with Gasteiger partial charge in [0, 0.05) is 48.4 Å². The lowest BCUT2D eigenvalue weighted by Gasteiger charge is -2.34. The highest BCUT2D eigenvalue weighted by Crippen LogP contribution is 2.23. The van der Waals surface area contributed by atoms with Crippen LogP contribution in [-0.2, 0) is 6.42 Å². The second kappa shape index (κ2) is 7.67. The molecule has 0 radical (unpaired) electrons. The number of benzene rings is 1. The van der Waals surface area contributed by atoms with Crippen molar-refractivity contribution in [1.82, 2.24) is 19.9 Å². The zero-order valence-corrected chi connectivity index (χ0v) is 16.4. The highest BCUT2D eigenvalue weighted by Gasteiger charge is 2.24. The number of aromatic nitrogens is 3. The molecule has 1 aliphatic heterocycles. The van der Waals surface area contributed by atoms with Crippen LogP contribution in [0.15, 0.2) is 36.4 Å². The van der Waals surface area contributed by atoms with Gasteiger partial charge in [-0.05, 0) is 37.5 Å². The van der Waals surface area contributed by atoms with Gasteiger partial charge in [-0.2, -0.15) is 9.61 Å². The van der Waals surface area contributed by atoms with Crippen LogP contribution < -0.4 is 10.2 Å². The van der Waals surface area contributed by atoms with E-state index >= 15 is 0 Å². The molecule has 2 N–H and O–H groups in total. The number of nitrogens with zero attached hydrogens (tertiary/aromatic N) is 4. The van der Waals surface area contributed by atoms with Gasteiger partial charge in [0.2, 0.25) is 0 Å². The molecule has 4 rings (SSSR count). The molecule has 0 saturated carbocycles. The summed E-state index contributed by atoms with van der Waals surface area (Å²) in [7, 11) is 0. The summed E-state index contributed by atoms with van der Waals surface area (Å²) in [4.78, 5) is 17.8. The summed E-state index contributed by atoms with van der Waals surface area (Å²) in [6.45, 7) is 3.45. The van der Waals surface area contributed by atoms with Crippen LogP contribution in [0.4, 0.5) is 10.6 Å². The maximum Gasteiger partial charge on any atom is 0.404 e. The minimum absolute atomic E-state index is 0.0844. The SMILES string of the molecule is Cc1cc(N2CCC[C@H](NC(=O)O)C2)n2nc(Cc3ccc(Cl)cc3)cc2n1. The number of hydrogen-bond donors (Lipinski definition) is 2. The van der Waals surface area contributed by atoms with E-state index in [4.69, 9.17) is 21.8 Å². The summed E-state index contributed by atoms with van der Waals surface area (Å²) >= 11 is 5.97. The van der Waals surface area contributed by atoms with E-state index in [0.29, 0.717) is 18.0 Å². The predicted molar refractivity (Wildman–Crippen MR) is 108 cm³/mol. The highest BCUT2D eigenvalue weighted by atomic mass is 35.5. The molecule has 0 aliphatic carbocycles. The number of rotatable bonds is 4. The molecule has 0 spiro atoms. The van der Waals surface area contributed by atoms with Gasteiger partial charge >= 0.3 is 6.09 Å². The Hall–Kier alpha value is -2.80. The topological polar surface area (TPSA) is 82.8 Å². The summed E-state index contributed by atoms with van der Waals surface area (Å²) in [6, 6.07) is 11.7. The number of fused-ring (bicyclic) bond motifs is 1. The van der Waals surface area contributed by atoms with Crippen LogP contribution in [0.3, 0.4) is 0 Å². The minimum Gasteiger partial charge on any atom is -0.465 e. The molecule has 1 atom stereocenters. The van der Waals surface area contributed by atoms with Crippen molar-refractivity contribution in [2.75, 3.05) is 18.0 Å². The molecule has 1 amide bonds. The van der Waals surface area contributed by atoms with Crippen LogP contribution in [0.1, 0.15) is 29.8 Å². The maximum absolute atomic E-state index is 11.0. The molecule has 3 heterocycles. The third-order valence-corrected chi connectivity index (χ3v) is 5.21. The van der Waals surface area contributed by atoms with Crippen LogP contribution in [0, 0.1) is 6.92 Å². The third-order valence-electron chi connectivity index (χ3n) is 4.96. The number of halogens is 1. The number of aryl methyl sites for hydroxylation is 1. The van der Waals surface area contributed by atoms with Gasteiger partial charge in [-0.25, -0.2) is 9.78 Å². The number of carbonyl (C=O) groups is 1. The van der Waals surface area contributed by atoms with E-state index in [-0.39, 0.29) is 6.04 Å². The van der Waals surface area contributed by atoms with Crippen molar-refractivity contribution in [3.05, 3.63) is 58.4 Å². The summed E-state index contributed by atoms with van der Waals surface area (Å²) in [5, 5.41) is 17.1. The second-order valence-corrected chi connectivity index (χ2v) is 7.64. The minimum atomic E-state index is -0.979. The molecular formula is C20H22ClN5O2. The average molecular weight is 400 g/mol. The zero-order chi connectivity index (χ0) is 19.7. The standard InChI is InChI=1S/C20H22ClN5O2/c1-13-9-19(25-8-2-3-16(12-25)23-20(27)28)26-18(22-13)11-17(24-26)10-14-4-6-15(21)7-5-14/h4-7,9,11,16,23H,2-3,8,10,12H2,1H3,(H,27,28)/t16-/m0/s1. The van der Waals surface area contributed by atoms with Crippen LogP contribution >= 0.6 is 11.6 Å². The first-order chi connectivity index (χ1) is 13.5. The Morgan fingerprint density at radius 2 is 2.11 bits per heavy atom. The van der Waals surface area contributed by atoms with E-state index in [1.807, 2.05) is 47.8 Å². The summed E-state index contributed by atoms with van der Waals surface area (Å²) < 4.78 is 1.86. The number of piperidine rings is 1. The van der Waals surface area contributed by atoms with Crippen LogP contribution in [-0.4, -0.2) is 44.9 Å². The summed E-state index contributed by atoms with van der Waals surface area (Å²) in [5.74, 6) is 0.946. The molecule has 146 valence electrons. The van der Waals surface area contributed by atoms with Gasteiger partial charge in [-0.1, -0.05) is 23.7 Å². The maximum atomic E-state index is 11.0. The van der Waals surface area contributed by atoms with Crippen molar-refractivity contribution in [3.8, 4) is 0 Å². The molecule has 7 nitrogen and oxygen atoms in total. The van der Waals surface area contributed by atoms with E-state index in [9.17, 15) is 4.79 Å². The Balaban J connectivity index is 1.63. The molecule has 2 aromatic heterocycles. The van der Waals surface area contributed by atoms with Crippen molar-refractivity contribution >= 4 is 29.2 Å². The predicted octanol–water partition coefficient (Wildman–Crippen LogP) is 3.52. The van der Waals surface area contributed by atoms with Crippen molar-refractivity contribution < 1.29 is 9.90 Å². The van der Waals surface area contributed by atoms with Gasteiger partial charge < -0.3 is 15.3 Å². The highest BCUT2D eigenvalue weighted by molar-refractivity contribution is 6.30. The number of carboxylic acid groups (broad SMARTS) is 1. The van der Waals surface area contributed by atoms with Gasteiger partial charge in [0.1, 0.15) is 5.82 Å². The molecular weight excluding hydrogens is 378 g/mol. The van der Waals surface area contributed by atoms with Crippen LogP contribution in [0.5, 0.6) is 0 Å². The van der Waals surface area contributed by atoms with Crippen molar-refractivity contribution in [2.24, 2.45) is 0 Å². The fraction of sp³-hybridized carbons (Fsp3) is 0.350. The third kappa shape index (κ3) is 4.04. The Kier molecular flexibility index (Phi) is 5.09. The number of anilines is 1. The van der Waals surface area contributed by atoms with Crippen molar-refractivity contribution in [3.63, 3.8) is 0 Å². The van der Waals surface area contributed by atoms with Gasteiger partial charge in [0.25, 0.3) is 0 Å². The summed E-state index contributed by atoms with van der Waals surface area (Å²) in [5.41, 5.74) is 3.77. The van der Waals surface area contributed by atoms with Crippen molar-refractivity contribution in [2.45, 2.75) is 32.2 Å². The molecule has 1 aliphatic rings. The molecule has 3 aromatic rings. The van der Waals surface area contributed by atoms with Gasteiger partial charge in [0.15, 0.2) is 5.65 Å². The molecule has 8 heteroatoms. The van der Waals surface area contributed by atoms with Crippen LogP contribution in [0.2, 0.25) is 5.02 Å². The molecule has 1 fully saturated rings. The fourth-order valence-electron chi connectivity index (χ4n) is 3.73. The average Bonchev–Trinajstić information content (AvgIpc) is 3.04. The van der Waals surface area contributed by atoms with Gasteiger partial charge in [-0.3, -0.25) is 0 Å². The first-order valence-corrected chi connectivity index (χ1v) is 9.71. The normalized spacial score (nSPS) is 17.1. The van der Waals surface area contributed by atoms with E-state index in [1.54, 1.807) is 0 Å². The molecule has 28 heavy (non-hydrogen) atoms. The molecule has 1 saturated heterocycles. The second-order valence-electron chi connectivity index (χ2n) is 7.20. The molecule has 0 bridgehead atoms. The molecule has 0 unspecified atom stereocenters. The Morgan fingerprint density at radius 3 is 2.86 bits per heavy atom. The lowest BCUT2D eigenvalue weighted by atomic mass is 10.1. The lowest BCUT2D eigenvalue weighted by molar-refractivity contribution is 0.188. The number of nitrogens with one attached hydrogen (secondary N) is 1.